The average molecular weight is 287 g/mol. The Morgan fingerprint density at radius 1 is 1.35 bits per heavy atom. The third-order valence-electron chi connectivity index (χ3n) is 3.49. The summed E-state index contributed by atoms with van der Waals surface area (Å²) in [5, 5.41) is 3.00. The second-order valence-corrected chi connectivity index (χ2v) is 6.34. The first-order valence-electron chi connectivity index (χ1n) is 6.75. The van der Waals surface area contributed by atoms with Crippen LogP contribution in [0.5, 0.6) is 0 Å². The molecule has 1 aromatic carbocycles. The Kier molecular flexibility index (Phi) is 3.57. The highest BCUT2D eigenvalue weighted by Gasteiger charge is 2.29. The predicted molar refractivity (Wildman–Crippen MR) is 79.8 cm³/mol. The van der Waals surface area contributed by atoms with Crippen molar-refractivity contribution in [1.82, 2.24) is 5.32 Å². The lowest BCUT2D eigenvalue weighted by Crippen LogP contribution is -2.34. The number of nitrogens with one attached hydrogen (secondary N) is 1. The molecule has 20 heavy (non-hydrogen) atoms. The maximum atomic E-state index is 12.3. The van der Waals surface area contributed by atoms with Crippen LogP contribution >= 0.6 is 11.8 Å². The minimum atomic E-state index is -0.0967. The summed E-state index contributed by atoms with van der Waals surface area (Å²) in [6.07, 6.45) is 0.802. The Balaban J connectivity index is 1.64. The standard InChI is InChI=1S/C16H17NO2S/c1-10-7-8-13(19-10)11(2)17-16(18)15-9-12-5-3-4-6-14(12)20-15/h3-8,11,15H,9H2,1-2H3,(H,17,18)/t11-,15+/m0/s1. The first kappa shape index (κ1) is 13.3. The van der Waals surface area contributed by atoms with Gasteiger partial charge in [0.25, 0.3) is 0 Å². The number of carbonyl (C=O) groups is 1. The highest BCUT2D eigenvalue weighted by Crippen LogP contribution is 2.37. The highest BCUT2D eigenvalue weighted by atomic mass is 32.2. The molecule has 104 valence electrons. The summed E-state index contributed by atoms with van der Waals surface area (Å²) in [4.78, 5) is 13.5. The van der Waals surface area contributed by atoms with E-state index in [1.807, 2.05) is 38.1 Å². The number of carbonyl (C=O) groups excluding carboxylic acids is 1. The molecule has 0 saturated heterocycles. The van der Waals surface area contributed by atoms with Gasteiger partial charge in [0.1, 0.15) is 11.5 Å². The van der Waals surface area contributed by atoms with Crippen LogP contribution in [0.1, 0.15) is 30.0 Å². The number of thioether (sulfide) groups is 1. The zero-order valence-corrected chi connectivity index (χ0v) is 12.4. The van der Waals surface area contributed by atoms with Crippen LogP contribution in [0.15, 0.2) is 45.7 Å². The molecule has 2 heterocycles. The van der Waals surface area contributed by atoms with Gasteiger partial charge < -0.3 is 9.73 Å². The number of furan rings is 1. The lowest BCUT2D eigenvalue weighted by Gasteiger charge is -2.14. The van der Waals surface area contributed by atoms with Gasteiger partial charge in [-0.3, -0.25) is 4.79 Å². The maximum absolute atomic E-state index is 12.3. The summed E-state index contributed by atoms with van der Waals surface area (Å²) < 4.78 is 5.55. The normalized spacial score (nSPS) is 18.6. The van der Waals surface area contributed by atoms with Crippen molar-refractivity contribution in [3.8, 4) is 0 Å². The fourth-order valence-corrected chi connectivity index (χ4v) is 3.60. The lowest BCUT2D eigenvalue weighted by atomic mass is 10.1. The molecule has 1 amide bonds. The van der Waals surface area contributed by atoms with Gasteiger partial charge in [-0.25, -0.2) is 0 Å². The molecule has 3 rings (SSSR count). The van der Waals surface area contributed by atoms with Crippen LogP contribution < -0.4 is 5.32 Å². The van der Waals surface area contributed by atoms with E-state index in [2.05, 4.69) is 17.4 Å². The smallest absolute Gasteiger partial charge is 0.234 e. The molecule has 4 heteroatoms. The lowest BCUT2D eigenvalue weighted by molar-refractivity contribution is -0.121. The Morgan fingerprint density at radius 3 is 2.85 bits per heavy atom. The van der Waals surface area contributed by atoms with E-state index in [9.17, 15) is 4.79 Å². The summed E-state index contributed by atoms with van der Waals surface area (Å²) in [5.74, 6) is 1.74. The van der Waals surface area contributed by atoms with Gasteiger partial charge in [-0.15, -0.1) is 11.8 Å². The van der Waals surface area contributed by atoms with Crippen molar-refractivity contribution in [3.63, 3.8) is 0 Å². The Bertz CT molecular complexity index is 610. The van der Waals surface area contributed by atoms with Gasteiger partial charge in [-0.2, -0.15) is 0 Å². The fourth-order valence-electron chi connectivity index (χ4n) is 2.39. The van der Waals surface area contributed by atoms with Gasteiger partial charge in [0.2, 0.25) is 5.91 Å². The van der Waals surface area contributed by atoms with Gasteiger partial charge in [-0.05, 0) is 44.0 Å². The first-order valence-corrected chi connectivity index (χ1v) is 7.63. The third-order valence-corrected chi connectivity index (χ3v) is 4.80. The number of amides is 1. The minimum Gasteiger partial charge on any atom is -0.464 e. The van der Waals surface area contributed by atoms with Crippen LogP contribution in [0.4, 0.5) is 0 Å². The van der Waals surface area contributed by atoms with E-state index in [4.69, 9.17) is 4.42 Å². The molecular weight excluding hydrogens is 270 g/mol. The molecule has 0 bridgehead atoms. The van der Waals surface area contributed by atoms with E-state index in [1.54, 1.807) is 11.8 Å². The van der Waals surface area contributed by atoms with Gasteiger partial charge in [0.05, 0.1) is 11.3 Å². The van der Waals surface area contributed by atoms with Crippen LogP contribution in [-0.2, 0) is 11.2 Å². The van der Waals surface area contributed by atoms with Crippen molar-refractivity contribution in [1.29, 1.82) is 0 Å². The maximum Gasteiger partial charge on any atom is 0.234 e. The number of rotatable bonds is 3. The van der Waals surface area contributed by atoms with Crippen LogP contribution in [0.3, 0.4) is 0 Å². The van der Waals surface area contributed by atoms with E-state index in [-0.39, 0.29) is 17.2 Å². The molecule has 0 unspecified atom stereocenters. The minimum absolute atomic E-state index is 0.0362. The van der Waals surface area contributed by atoms with E-state index >= 15 is 0 Å². The molecule has 1 aromatic heterocycles. The van der Waals surface area contributed by atoms with Gasteiger partial charge >= 0.3 is 0 Å². The Morgan fingerprint density at radius 2 is 2.15 bits per heavy atom. The van der Waals surface area contributed by atoms with E-state index in [0.29, 0.717) is 0 Å². The number of benzene rings is 1. The molecule has 0 spiro atoms. The van der Waals surface area contributed by atoms with Crippen molar-refractivity contribution >= 4 is 17.7 Å². The molecule has 2 aromatic rings. The van der Waals surface area contributed by atoms with Crippen LogP contribution in [0.2, 0.25) is 0 Å². The molecule has 0 aliphatic carbocycles. The van der Waals surface area contributed by atoms with E-state index in [0.717, 1.165) is 17.9 Å². The summed E-state index contributed by atoms with van der Waals surface area (Å²) in [6, 6.07) is 11.9. The van der Waals surface area contributed by atoms with Gasteiger partial charge in [0.15, 0.2) is 0 Å². The zero-order chi connectivity index (χ0) is 14.1. The Labute approximate surface area is 122 Å². The monoisotopic (exact) mass is 287 g/mol. The predicted octanol–water partition coefficient (Wildman–Crippen LogP) is 3.48. The molecule has 0 saturated carbocycles. The SMILES string of the molecule is Cc1ccc([C@H](C)NC(=O)[C@H]2Cc3ccccc3S2)o1. The van der Waals surface area contributed by atoms with Crippen molar-refractivity contribution in [2.24, 2.45) is 0 Å². The number of hydrogen-bond donors (Lipinski definition) is 1. The third kappa shape index (κ3) is 2.61. The highest BCUT2D eigenvalue weighted by molar-refractivity contribution is 8.01. The molecular formula is C16H17NO2S. The second-order valence-electron chi connectivity index (χ2n) is 5.10. The van der Waals surface area contributed by atoms with Crippen molar-refractivity contribution < 1.29 is 9.21 Å². The molecule has 3 nitrogen and oxygen atoms in total. The number of aryl methyl sites for hydroxylation is 1. The second kappa shape index (κ2) is 5.37. The summed E-state index contributed by atoms with van der Waals surface area (Å²) >= 11 is 1.64. The van der Waals surface area contributed by atoms with Crippen molar-refractivity contribution in [3.05, 3.63) is 53.5 Å². The van der Waals surface area contributed by atoms with Gasteiger partial charge in [-0.1, -0.05) is 18.2 Å². The summed E-state index contributed by atoms with van der Waals surface area (Å²) in [5.41, 5.74) is 1.26. The quantitative estimate of drug-likeness (QED) is 0.939. The molecule has 1 N–H and O–H groups in total. The summed E-state index contributed by atoms with van der Waals surface area (Å²) in [6.45, 7) is 3.85. The van der Waals surface area contributed by atoms with Crippen LogP contribution in [0.25, 0.3) is 0 Å². The molecule has 2 atom stereocenters. The van der Waals surface area contributed by atoms with E-state index < -0.39 is 0 Å². The fraction of sp³-hybridized carbons (Fsp3) is 0.312. The van der Waals surface area contributed by atoms with Crippen LogP contribution in [0, 0.1) is 6.92 Å². The Hall–Kier alpha value is -1.68. The zero-order valence-electron chi connectivity index (χ0n) is 11.6. The topological polar surface area (TPSA) is 42.2 Å². The van der Waals surface area contributed by atoms with Crippen molar-refractivity contribution in [2.75, 3.05) is 0 Å². The van der Waals surface area contributed by atoms with Crippen molar-refractivity contribution in [2.45, 2.75) is 36.5 Å². The number of fused-ring (bicyclic) bond motifs is 1. The molecule has 1 aliphatic heterocycles. The first-order chi connectivity index (χ1) is 9.63. The molecule has 1 aliphatic rings. The average Bonchev–Trinajstić information content (AvgIpc) is 3.04. The molecule has 0 fully saturated rings. The number of hydrogen-bond acceptors (Lipinski definition) is 3. The summed E-state index contributed by atoms with van der Waals surface area (Å²) in [7, 11) is 0. The van der Waals surface area contributed by atoms with Gasteiger partial charge in [0, 0.05) is 4.90 Å². The van der Waals surface area contributed by atoms with Crippen LogP contribution in [-0.4, -0.2) is 11.2 Å². The van der Waals surface area contributed by atoms with E-state index in [1.165, 1.54) is 10.5 Å². The molecule has 0 radical (unpaired) electrons. The largest absolute Gasteiger partial charge is 0.464 e.